The molecule has 1 aliphatic carbocycles. The molecule has 1 heterocycles. The molecule has 2 rings (SSSR count). The summed E-state index contributed by atoms with van der Waals surface area (Å²) >= 11 is 1.38. The van der Waals surface area contributed by atoms with Gasteiger partial charge in [0, 0.05) is 5.75 Å². The highest BCUT2D eigenvalue weighted by molar-refractivity contribution is 7.99. The standard InChI is InChI=1S/C10H14N2O4S/c1-2-14-10(13)8-9(12-16-11-8)17-6-5-15-7-3-4-7/h7H,2-6H2,1H3. The Hall–Kier alpha value is -1.08. The molecule has 0 aromatic carbocycles. The van der Waals surface area contributed by atoms with Crippen LogP contribution >= 0.6 is 11.8 Å². The quantitative estimate of drug-likeness (QED) is 0.417. The molecular weight excluding hydrogens is 244 g/mol. The van der Waals surface area contributed by atoms with Crippen LogP contribution in [0, 0.1) is 0 Å². The van der Waals surface area contributed by atoms with Gasteiger partial charge in [0.2, 0.25) is 5.69 Å². The molecule has 6 nitrogen and oxygen atoms in total. The van der Waals surface area contributed by atoms with Gasteiger partial charge in [-0.25, -0.2) is 9.42 Å². The van der Waals surface area contributed by atoms with Gasteiger partial charge in [-0.3, -0.25) is 0 Å². The monoisotopic (exact) mass is 258 g/mol. The number of esters is 1. The first kappa shape index (κ1) is 12.4. The third kappa shape index (κ3) is 3.71. The Morgan fingerprint density at radius 3 is 3.06 bits per heavy atom. The molecule has 7 heteroatoms. The Balaban J connectivity index is 1.78. The lowest BCUT2D eigenvalue weighted by Crippen LogP contribution is -2.07. The smallest absolute Gasteiger partial charge is 0.363 e. The number of carbonyl (C=O) groups excluding carboxylic acids is 1. The van der Waals surface area contributed by atoms with E-state index in [2.05, 4.69) is 14.9 Å². The molecule has 0 atom stereocenters. The number of carbonyl (C=O) groups is 1. The third-order valence-electron chi connectivity index (χ3n) is 2.13. The molecule has 1 aliphatic rings. The van der Waals surface area contributed by atoms with Crippen LogP contribution < -0.4 is 0 Å². The summed E-state index contributed by atoms with van der Waals surface area (Å²) in [6.45, 7) is 2.69. The van der Waals surface area contributed by atoms with Gasteiger partial charge in [0.1, 0.15) is 0 Å². The fourth-order valence-electron chi connectivity index (χ4n) is 1.19. The number of aromatic nitrogens is 2. The van der Waals surface area contributed by atoms with Gasteiger partial charge in [0.25, 0.3) is 0 Å². The highest BCUT2D eigenvalue weighted by Crippen LogP contribution is 2.25. The number of hydrogen-bond acceptors (Lipinski definition) is 7. The summed E-state index contributed by atoms with van der Waals surface area (Å²) in [6, 6.07) is 0. The molecule has 1 fully saturated rings. The van der Waals surface area contributed by atoms with E-state index < -0.39 is 5.97 Å². The molecule has 0 spiro atoms. The van der Waals surface area contributed by atoms with E-state index in [4.69, 9.17) is 9.47 Å². The number of rotatable bonds is 7. The van der Waals surface area contributed by atoms with E-state index in [-0.39, 0.29) is 5.69 Å². The Morgan fingerprint density at radius 2 is 2.35 bits per heavy atom. The van der Waals surface area contributed by atoms with E-state index in [0.29, 0.717) is 24.3 Å². The van der Waals surface area contributed by atoms with Crippen molar-refractivity contribution in [3.05, 3.63) is 5.69 Å². The zero-order valence-electron chi connectivity index (χ0n) is 9.55. The Labute approximate surface area is 103 Å². The molecule has 1 saturated carbocycles. The molecule has 94 valence electrons. The van der Waals surface area contributed by atoms with Gasteiger partial charge in [-0.2, -0.15) is 0 Å². The lowest BCUT2D eigenvalue weighted by Gasteiger charge is -2.01. The molecule has 17 heavy (non-hydrogen) atoms. The average molecular weight is 258 g/mol. The van der Waals surface area contributed by atoms with Crippen LogP contribution in [-0.2, 0) is 9.47 Å². The second-order valence-electron chi connectivity index (χ2n) is 3.56. The van der Waals surface area contributed by atoms with Crippen LogP contribution in [0.15, 0.2) is 9.65 Å². The van der Waals surface area contributed by atoms with Crippen LogP contribution in [0.4, 0.5) is 0 Å². The first-order valence-electron chi connectivity index (χ1n) is 5.55. The van der Waals surface area contributed by atoms with E-state index in [1.54, 1.807) is 6.92 Å². The molecule has 0 aliphatic heterocycles. The van der Waals surface area contributed by atoms with Crippen LogP contribution in [0.5, 0.6) is 0 Å². The molecular formula is C10H14N2O4S. The predicted molar refractivity (Wildman–Crippen MR) is 60.0 cm³/mol. The number of nitrogens with zero attached hydrogens (tertiary/aromatic N) is 2. The molecule has 0 amide bonds. The summed E-state index contributed by atoms with van der Waals surface area (Å²) < 4.78 is 14.9. The van der Waals surface area contributed by atoms with Crippen LogP contribution in [0.25, 0.3) is 0 Å². The summed E-state index contributed by atoms with van der Waals surface area (Å²) in [5, 5.41) is 7.67. The Bertz CT molecular complexity index is 378. The predicted octanol–water partition coefficient (Wildman–Crippen LogP) is 1.52. The van der Waals surface area contributed by atoms with E-state index in [1.807, 2.05) is 0 Å². The van der Waals surface area contributed by atoms with Crippen LogP contribution in [0.3, 0.4) is 0 Å². The van der Waals surface area contributed by atoms with Gasteiger partial charge >= 0.3 is 5.97 Å². The van der Waals surface area contributed by atoms with E-state index in [0.717, 1.165) is 18.6 Å². The number of thioether (sulfide) groups is 1. The zero-order valence-corrected chi connectivity index (χ0v) is 10.4. The third-order valence-corrected chi connectivity index (χ3v) is 3.04. The summed E-state index contributed by atoms with van der Waals surface area (Å²) in [5.41, 5.74) is 0.142. The molecule has 1 aromatic rings. The molecule has 0 radical (unpaired) electrons. The van der Waals surface area contributed by atoms with Gasteiger partial charge < -0.3 is 9.47 Å². The topological polar surface area (TPSA) is 74.5 Å². The largest absolute Gasteiger partial charge is 0.461 e. The fraction of sp³-hybridized carbons (Fsp3) is 0.700. The van der Waals surface area contributed by atoms with Gasteiger partial charge in [-0.1, -0.05) is 11.8 Å². The summed E-state index contributed by atoms with van der Waals surface area (Å²) in [4.78, 5) is 11.4. The lowest BCUT2D eigenvalue weighted by molar-refractivity contribution is 0.0510. The fourth-order valence-corrected chi connectivity index (χ4v) is 1.90. The zero-order chi connectivity index (χ0) is 12.1. The van der Waals surface area contributed by atoms with Gasteiger partial charge in [-0.15, -0.1) is 0 Å². The number of hydrogen-bond donors (Lipinski definition) is 0. The average Bonchev–Trinajstić information content (AvgIpc) is 3.02. The van der Waals surface area contributed by atoms with Crippen molar-refractivity contribution < 1.29 is 18.9 Å². The van der Waals surface area contributed by atoms with E-state index in [9.17, 15) is 4.79 Å². The Morgan fingerprint density at radius 1 is 1.53 bits per heavy atom. The van der Waals surface area contributed by atoms with Gasteiger partial charge in [0.15, 0.2) is 5.03 Å². The van der Waals surface area contributed by atoms with Gasteiger partial charge in [-0.05, 0) is 30.1 Å². The van der Waals surface area contributed by atoms with Crippen molar-refractivity contribution in [2.24, 2.45) is 0 Å². The Kier molecular flexibility index (Phi) is 4.38. The molecule has 0 unspecified atom stereocenters. The van der Waals surface area contributed by atoms with Crippen molar-refractivity contribution in [2.75, 3.05) is 19.0 Å². The van der Waals surface area contributed by atoms with E-state index in [1.165, 1.54) is 11.8 Å². The van der Waals surface area contributed by atoms with Crippen molar-refractivity contribution in [3.63, 3.8) is 0 Å². The lowest BCUT2D eigenvalue weighted by atomic mass is 10.5. The SMILES string of the molecule is CCOC(=O)c1nonc1SCCOC1CC1. The second kappa shape index (κ2) is 6.02. The van der Waals surface area contributed by atoms with Crippen molar-refractivity contribution in [3.8, 4) is 0 Å². The maximum Gasteiger partial charge on any atom is 0.363 e. The number of ether oxygens (including phenoxy) is 2. The molecule has 1 aromatic heterocycles. The van der Waals surface area contributed by atoms with Crippen LogP contribution in [0.2, 0.25) is 0 Å². The first-order chi connectivity index (χ1) is 8.31. The van der Waals surface area contributed by atoms with Crippen LogP contribution in [-0.4, -0.2) is 41.4 Å². The second-order valence-corrected chi connectivity index (χ2v) is 4.64. The van der Waals surface area contributed by atoms with Crippen molar-refractivity contribution in [1.82, 2.24) is 10.3 Å². The minimum atomic E-state index is -0.501. The van der Waals surface area contributed by atoms with Crippen molar-refractivity contribution in [2.45, 2.75) is 30.9 Å². The summed E-state index contributed by atoms with van der Waals surface area (Å²) in [5.74, 6) is 0.219. The summed E-state index contributed by atoms with van der Waals surface area (Å²) in [6.07, 6.45) is 2.75. The van der Waals surface area contributed by atoms with Gasteiger partial charge in [0.05, 0.1) is 19.3 Å². The van der Waals surface area contributed by atoms with Crippen molar-refractivity contribution >= 4 is 17.7 Å². The maximum atomic E-state index is 11.4. The molecule has 0 N–H and O–H groups in total. The van der Waals surface area contributed by atoms with Crippen molar-refractivity contribution in [1.29, 1.82) is 0 Å². The maximum absolute atomic E-state index is 11.4. The summed E-state index contributed by atoms with van der Waals surface area (Å²) in [7, 11) is 0. The molecule has 0 saturated heterocycles. The highest BCUT2D eigenvalue weighted by Gasteiger charge is 2.22. The highest BCUT2D eigenvalue weighted by atomic mass is 32.2. The first-order valence-corrected chi connectivity index (χ1v) is 6.54. The minimum absolute atomic E-state index is 0.142. The van der Waals surface area contributed by atoms with E-state index >= 15 is 0 Å². The molecule has 0 bridgehead atoms. The van der Waals surface area contributed by atoms with Crippen LogP contribution in [0.1, 0.15) is 30.3 Å². The normalized spacial score (nSPS) is 14.9. The minimum Gasteiger partial charge on any atom is -0.461 e.